The first kappa shape index (κ1) is 62.8. The van der Waals surface area contributed by atoms with E-state index in [4.69, 9.17) is 0 Å². The number of Topliss-reactive ketones (excluding diaryl/α,β-unsaturated/α-hetero) is 6. The summed E-state index contributed by atoms with van der Waals surface area (Å²) in [4.78, 5) is 71.1. The molecule has 0 radical (unpaired) electrons. The molecule has 0 aromatic carbocycles. The summed E-state index contributed by atoms with van der Waals surface area (Å²) in [6, 6.07) is 0. The number of unbranched alkanes of at least 4 members (excludes halogenated alkanes) is 6. The van der Waals surface area contributed by atoms with E-state index in [0.717, 1.165) is 106 Å². The van der Waals surface area contributed by atoms with Crippen molar-refractivity contribution in [3.05, 3.63) is 36.5 Å². The van der Waals surface area contributed by atoms with Crippen LogP contribution in [0.3, 0.4) is 0 Å². The molecule has 0 saturated heterocycles. The van der Waals surface area contributed by atoms with E-state index in [0.29, 0.717) is 106 Å². The molecule has 12 rings (SSSR count). The largest absolute Gasteiger partial charge is 0.299 e. The van der Waals surface area contributed by atoms with Crippen LogP contribution in [0.15, 0.2) is 36.5 Å². The molecule has 78 heavy (non-hydrogen) atoms. The Balaban J connectivity index is 0.000000136. The summed E-state index contributed by atoms with van der Waals surface area (Å²) < 4.78 is 0. The van der Waals surface area contributed by atoms with Gasteiger partial charge in [0.25, 0.3) is 0 Å². The smallest absolute Gasteiger partial charge is 0.142 e. The molecule has 6 nitrogen and oxygen atoms in total. The molecular weight excluding hydrogens is 961 g/mol. The molecule has 0 heterocycles. The lowest BCUT2D eigenvalue weighted by atomic mass is 9.77. The molecule has 12 bridgehead atoms. The fraction of sp³-hybridized carbons (Fsp3) is 0.833. The van der Waals surface area contributed by atoms with Crippen LogP contribution < -0.4 is 0 Å². The van der Waals surface area contributed by atoms with Gasteiger partial charge in [0.2, 0.25) is 0 Å². The molecule has 0 aromatic heterocycles. The van der Waals surface area contributed by atoms with Crippen molar-refractivity contribution in [2.75, 3.05) is 0 Å². The first-order chi connectivity index (χ1) is 37.9. The van der Waals surface area contributed by atoms with E-state index in [1.54, 1.807) is 0 Å². The molecule has 9 saturated carbocycles. The van der Waals surface area contributed by atoms with E-state index in [-0.39, 0.29) is 0 Å². The zero-order valence-electron chi connectivity index (χ0n) is 50.8. The van der Waals surface area contributed by atoms with Gasteiger partial charge < -0.3 is 0 Å². The van der Waals surface area contributed by atoms with Gasteiger partial charge in [0.05, 0.1) is 0 Å². The van der Waals surface area contributed by atoms with Crippen LogP contribution in [0.2, 0.25) is 0 Å². The van der Waals surface area contributed by atoms with Crippen molar-refractivity contribution in [2.45, 2.75) is 273 Å². The lowest BCUT2D eigenvalue weighted by Gasteiger charge is -2.26. The summed E-state index contributed by atoms with van der Waals surface area (Å²) >= 11 is 0. The van der Waals surface area contributed by atoms with Gasteiger partial charge in [0.1, 0.15) is 34.7 Å². The van der Waals surface area contributed by atoms with Crippen LogP contribution >= 0.6 is 0 Å². The standard InChI is InChI=1S/C13H22O.C13H20O.C12H20O.C12H18O.C11H18O.C11H16O/c2*1-2-3-4-5-11-8-10-6-7-12(9-10)13(11)14;2*1-2-3-4-10-7-9-5-6-11(8-9)12(10)13;2*1-2-3-9-6-8-4-5-10(7-8)11(9)12/h10-12H,2-9H2,1H3;6-7,10-12H,2-5,8-9H2,1H3;9-11H,2-8H2,1H3;5-6,9-11H,2-4,7-8H2,1H3;8-10H,2-7H2,1H3;4-5,8-10H,2-3,6-7H2,1H3. The van der Waals surface area contributed by atoms with Gasteiger partial charge in [-0.05, 0) is 190 Å². The number of carbonyl (C=O) groups is 6. The molecule has 0 aromatic rings. The maximum Gasteiger partial charge on any atom is 0.142 e. The van der Waals surface area contributed by atoms with Crippen molar-refractivity contribution < 1.29 is 28.8 Å². The van der Waals surface area contributed by atoms with Gasteiger partial charge in [-0.15, -0.1) is 0 Å². The fourth-order valence-corrected chi connectivity index (χ4v) is 17.5. The third-order valence-corrected chi connectivity index (χ3v) is 21.9. The first-order valence-corrected chi connectivity index (χ1v) is 34.1. The van der Waals surface area contributed by atoms with Gasteiger partial charge >= 0.3 is 0 Å². The Morgan fingerprint density at radius 2 is 0.551 bits per heavy atom. The van der Waals surface area contributed by atoms with Crippen molar-refractivity contribution in [2.24, 2.45) is 107 Å². The lowest BCUT2D eigenvalue weighted by molar-refractivity contribution is -0.129. The van der Waals surface area contributed by atoms with Crippen molar-refractivity contribution >= 4 is 34.7 Å². The molecule has 0 amide bonds. The van der Waals surface area contributed by atoms with Crippen molar-refractivity contribution in [1.29, 1.82) is 0 Å². The molecule has 18 atom stereocenters. The summed E-state index contributed by atoms with van der Waals surface area (Å²) in [5.74, 6) is 13.1. The predicted molar refractivity (Wildman–Crippen MR) is 321 cm³/mol. The summed E-state index contributed by atoms with van der Waals surface area (Å²) in [5.41, 5.74) is 0. The van der Waals surface area contributed by atoms with Crippen molar-refractivity contribution in [1.82, 2.24) is 0 Å². The quantitative estimate of drug-likeness (QED) is 0.100. The normalized spacial score (nSPS) is 37.6. The molecule has 12 aliphatic rings. The Kier molecular flexibility index (Phi) is 25.9. The molecule has 12 aliphatic carbocycles. The van der Waals surface area contributed by atoms with E-state index in [9.17, 15) is 28.8 Å². The fourth-order valence-electron chi connectivity index (χ4n) is 17.5. The van der Waals surface area contributed by atoms with E-state index in [2.05, 4.69) is 78.0 Å². The number of fused-ring (bicyclic) bond motifs is 12. The Morgan fingerprint density at radius 1 is 0.269 bits per heavy atom. The maximum atomic E-state index is 12.0. The van der Waals surface area contributed by atoms with Gasteiger partial charge in [-0.2, -0.15) is 0 Å². The van der Waals surface area contributed by atoms with Crippen LogP contribution in [0, 0.1) is 107 Å². The number of allylic oxidation sites excluding steroid dienone is 6. The Bertz CT molecular complexity index is 1990. The third-order valence-electron chi connectivity index (χ3n) is 21.9. The second kappa shape index (κ2) is 32.2. The molecule has 0 N–H and O–H groups in total. The van der Waals surface area contributed by atoms with E-state index in [1.165, 1.54) is 161 Å². The van der Waals surface area contributed by atoms with Crippen LogP contribution in [0.5, 0.6) is 0 Å². The highest BCUT2D eigenvalue weighted by Gasteiger charge is 2.43. The third kappa shape index (κ3) is 17.6. The van der Waals surface area contributed by atoms with Gasteiger partial charge in [-0.1, -0.05) is 155 Å². The molecule has 0 spiro atoms. The van der Waals surface area contributed by atoms with Crippen LogP contribution in [0.1, 0.15) is 273 Å². The second-order valence-electron chi connectivity index (χ2n) is 28.0. The molecule has 438 valence electrons. The number of rotatable bonds is 18. The maximum absolute atomic E-state index is 12.0. The Hall–Kier alpha value is -2.76. The molecule has 6 heteroatoms. The zero-order valence-corrected chi connectivity index (χ0v) is 50.8. The topological polar surface area (TPSA) is 102 Å². The minimum Gasteiger partial charge on any atom is -0.299 e. The van der Waals surface area contributed by atoms with E-state index >= 15 is 0 Å². The minimum atomic E-state index is 0.292. The van der Waals surface area contributed by atoms with E-state index in [1.807, 2.05) is 0 Å². The molecule has 18 unspecified atom stereocenters. The van der Waals surface area contributed by atoms with Crippen LogP contribution in [-0.2, 0) is 28.8 Å². The number of hydrogen-bond donors (Lipinski definition) is 0. The van der Waals surface area contributed by atoms with Gasteiger partial charge in [-0.3, -0.25) is 28.8 Å². The summed E-state index contributed by atoms with van der Waals surface area (Å²) in [7, 11) is 0. The van der Waals surface area contributed by atoms with Gasteiger partial charge in [-0.25, -0.2) is 0 Å². The number of hydrogen-bond acceptors (Lipinski definition) is 6. The predicted octanol–water partition coefficient (Wildman–Crippen LogP) is 18.4. The second-order valence-corrected chi connectivity index (χ2v) is 28.0. The van der Waals surface area contributed by atoms with Gasteiger partial charge in [0, 0.05) is 71.0 Å². The first-order valence-electron chi connectivity index (χ1n) is 34.1. The molecule has 0 aliphatic heterocycles. The molecule has 9 fully saturated rings. The highest BCUT2D eigenvalue weighted by atomic mass is 16.1. The monoisotopic (exact) mass is 1070 g/mol. The summed E-state index contributed by atoms with van der Waals surface area (Å²) in [6.07, 6.45) is 56.6. The number of ketones is 6. The average molecular weight is 1080 g/mol. The van der Waals surface area contributed by atoms with Crippen molar-refractivity contribution in [3.8, 4) is 0 Å². The highest BCUT2D eigenvalue weighted by molar-refractivity contribution is 5.88. The van der Waals surface area contributed by atoms with Crippen LogP contribution in [0.4, 0.5) is 0 Å². The SMILES string of the molecule is CCCC1CC2C=CC(C2)C1=O.CCCC1CC2CCC(C2)C1=O.CCCCC1CC2C=CC(C2)C1=O.CCCCC1CC2CCC(C2)C1=O.CCCCCC1CC2C=CC(C2)C1=O.CCCCCC1CC2CCC(C2)C1=O. The Morgan fingerprint density at radius 3 is 0.859 bits per heavy atom. The molecular formula is C72H114O6. The van der Waals surface area contributed by atoms with Crippen molar-refractivity contribution in [3.63, 3.8) is 0 Å². The van der Waals surface area contributed by atoms with Crippen LogP contribution in [0.25, 0.3) is 0 Å². The number of carbonyl (C=O) groups excluding carboxylic acids is 6. The summed E-state index contributed by atoms with van der Waals surface area (Å²) in [6.45, 7) is 13.2. The van der Waals surface area contributed by atoms with E-state index < -0.39 is 0 Å². The zero-order chi connectivity index (χ0) is 55.6. The lowest BCUT2D eigenvalue weighted by Crippen LogP contribution is -2.28. The highest BCUT2D eigenvalue weighted by Crippen LogP contribution is 2.47. The summed E-state index contributed by atoms with van der Waals surface area (Å²) in [5, 5.41) is 0. The van der Waals surface area contributed by atoms with Gasteiger partial charge in [0.15, 0.2) is 0 Å². The minimum absolute atomic E-state index is 0.292. The Labute approximate surface area is 477 Å². The van der Waals surface area contributed by atoms with Crippen LogP contribution in [-0.4, -0.2) is 34.7 Å². The average Bonchev–Trinajstić information content (AvgIpc) is 4.33.